The van der Waals surface area contributed by atoms with E-state index in [1.54, 1.807) is 48.5 Å². The van der Waals surface area contributed by atoms with E-state index < -0.39 is 0 Å². The van der Waals surface area contributed by atoms with Crippen LogP contribution in [-0.4, -0.2) is 91.6 Å². The maximum absolute atomic E-state index is 10.2. The van der Waals surface area contributed by atoms with E-state index in [4.69, 9.17) is 0 Å². The molecule has 4 saturated carbocycles. The Bertz CT molecular complexity index is 1660. The van der Waals surface area contributed by atoms with Gasteiger partial charge >= 0.3 is 107 Å². The van der Waals surface area contributed by atoms with E-state index in [-0.39, 0.29) is 233 Å². The maximum Gasteiger partial charge on any atom is 4.00 e. The summed E-state index contributed by atoms with van der Waals surface area (Å²) in [4.78, 5) is 71.3. The van der Waals surface area contributed by atoms with Gasteiger partial charge in [-0.3, -0.25) is 0 Å². The Labute approximate surface area is 733 Å². The van der Waals surface area contributed by atoms with Crippen molar-refractivity contribution in [1.29, 1.82) is 0 Å². The third kappa shape index (κ3) is 74.5. The van der Waals surface area contributed by atoms with Crippen molar-refractivity contribution in [2.45, 2.75) is 187 Å². The Morgan fingerprint density at radius 1 is 0.168 bits per heavy atom. The van der Waals surface area contributed by atoms with Crippen molar-refractivity contribution in [3.05, 3.63) is 189 Å². The molecule has 18 heteroatoms. The minimum absolute atomic E-state index is 0. The topological polar surface area (TPSA) is 184 Å². The largest absolute Gasteiger partial charge is 4.00 e. The summed E-state index contributed by atoms with van der Waals surface area (Å²) in [5, 5.41) is 0. The summed E-state index contributed by atoms with van der Waals surface area (Å²) in [5.41, 5.74) is 3.03. The van der Waals surface area contributed by atoms with Gasteiger partial charge in [0.05, 0.1) is 49.8 Å². The summed E-state index contributed by atoms with van der Waals surface area (Å²) in [6.07, 6.45) is 0. The van der Waals surface area contributed by atoms with Crippen LogP contribution in [0.4, 0.5) is 0 Å². The Morgan fingerprint density at radius 2 is 0.206 bits per heavy atom. The molecule has 0 saturated heterocycles. The van der Waals surface area contributed by atoms with Gasteiger partial charge < -0.3 is 137 Å². The quantitative estimate of drug-likeness (QED) is 0.0771. The second-order valence-corrected chi connectivity index (χ2v) is 26.1. The number of rotatable bonds is 7. The van der Waals surface area contributed by atoms with Gasteiger partial charge in [0, 0.05) is 60.7 Å². The Morgan fingerprint density at radius 3 is 0.215 bits per heavy atom. The van der Waals surface area contributed by atoms with Crippen LogP contribution in [-0.2, 0) is 154 Å². The van der Waals surface area contributed by atoms with E-state index in [1.807, 2.05) is 0 Å². The van der Waals surface area contributed by atoms with E-state index in [1.165, 1.54) is 49.8 Å². The van der Waals surface area contributed by atoms with Crippen molar-refractivity contribution in [3.8, 4) is 0 Å². The van der Waals surface area contributed by atoms with Crippen LogP contribution in [0.2, 0.25) is 0 Å². The van der Waals surface area contributed by atoms with E-state index >= 15 is 0 Å². The predicted molar refractivity (Wildman–Crippen MR) is 461 cm³/mol. The van der Waals surface area contributed by atoms with Crippen molar-refractivity contribution in [2.24, 2.45) is 118 Å². The van der Waals surface area contributed by atoms with Gasteiger partial charge in [0.1, 0.15) is 0 Å². The molecule has 0 aromatic heterocycles. The number of carbonyl (C=O) groups is 7. The molecule has 0 N–H and O–H groups in total. The molecule has 107 heavy (non-hydrogen) atoms. The van der Waals surface area contributed by atoms with Gasteiger partial charge in [-0.25, -0.2) is 33.6 Å². The summed E-state index contributed by atoms with van der Waals surface area (Å²) < 4.78 is 29.9. The molecule has 0 bridgehead atoms. The normalized spacial score (nSPS) is 24.3. The van der Waals surface area contributed by atoms with Crippen LogP contribution in [0.1, 0.15) is 187 Å². The van der Waals surface area contributed by atoms with Gasteiger partial charge in [-0.15, -0.1) is 0 Å². The SMILES string of the molecule is C=C(C)C(=O)OC.C=C(C)C(=O)OC.C=C(C)C(=O)OC.C=C(C)C(=O)OC.C=C(C)C(=O)OC.C=C(C)C(=O)OC.C=C(C)C(=O)OC.CC1C(C)C(C)C(C)C1C.CC1C(C)C(C)C(C)C1C.CC1C(C)C(C)C(C)C1C.CC1C(C)C(C)C(C)C1C.[CH3-].[CH3-].[CH3-].[CH3-].[CH3-].[CH3-].[CH3-].[CH3-].[CH3-].[CH3-].[CH3-].[CH3-].[CH3-].[CH3-].[Ti+4].[Ti+4].[Ti+4].[Ti]. The first-order chi connectivity index (χ1) is 40.5. The standard InChI is InChI=1S/4C10H20.7C5H8O2.14CH3.4Ti/c4*1-6-7(2)9(4)10(5)8(6)3;7*1-4(2)5(6)7-3;;;;;;;;;;;;;;;;;;/h4*6-10H,1-5H3;7*1H2,2-3H3;14*1H3;;;;/q;;;;;;;;;;;14*-1;;3*+4. The zero-order valence-corrected chi connectivity index (χ0v) is 85.5. The average molecular weight is 1660 g/mol. The molecule has 14 nitrogen and oxygen atoms in total. The van der Waals surface area contributed by atoms with Gasteiger partial charge in [0.15, 0.2) is 0 Å². The van der Waals surface area contributed by atoms with Gasteiger partial charge in [0.2, 0.25) is 0 Å². The monoisotopic (exact) mass is 1660 g/mol. The zero-order chi connectivity index (χ0) is 72.6. The molecule has 636 valence electrons. The van der Waals surface area contributed by atoms with Gasteiger partial charge in [-0.1, -0.05) is 185 Å². The molecule has 4 fully saturated rings. The van der Waals surface area contributed by atoms with E-state index in [9.17, 15) is 33.6 Å². The van der Waals surface area contributed by atoms with Crippen molar-refractivity contribution >= 4 is 41.8 Å². The number of esters is 7. The first-order valence-electron chi connectivity index (χ1n) is 31.7. The number of hydrogen-bond donors (Lipinski definition) is 0. The van der Waals surface area contributed by atoms with Gasteiger partial charge in [-0.05, 0) is 167 Å². The maximum atomic E-state index is 10.2. The second kappa shape index (κ2) is 95.7. The molecule has 0 atom stereocenters. The zero-order valence-electron chi connectivity index (χ0n) is 79.2. The number of hydrogen-bond acceptors (Lipinski definition) is 14. The third-order valence-corrected chi connectivity index (χ3v) is 20.3. The molecule has 0 heterocycles. The summed E-state index contributed by atoms with van der Waals surface area (Å²) in [7, 11) is 9.31. The summed E-state index contributed by atoms with van der Waals surface area (Å²) in [6.45, 7) is 82.6. The predicted octanol–water partition coefficient (Wildman–Crippen LogP) is 24.2. The van der Waals surface area contributed by atoms with Gasteiger partial charge in [0.25, 0.3) is 0 Å². The summed E-state index contributed by atoms with van der Waals surface area (Å²) in [6, 6.07) is 0. The fraction of sp³-hybridized carbons (Fsp3) is 0.607. The van der Waals surface area contributed by atoms with E-state index in [0.717, 1.165) is 118 Å². The van der Waals surface area contributed by atoms with Crippen LogP contribution in [0, 0.1) is 222 Å². The molecule has 4 rings (SSSR count). The molecule has 0 spiro atoms. The number of methoxy groups -OCH3 is 7. The summed E-state index contributed by atoms with van der Waals surface area (Å²) in [5.74, 6) is 16.3. The average Bonchev–Trinajstić information content (AvgIpc) is 3.94. The minimum Gasteiger partial charge on any atom is -0.466 e. The molecule has 0 unspecified atom stereocenters. The van der Waals surface area contributed by atoms with Gasteiger partial charge in [-0.2, -0.15) is 0 Å². The minimum atomic E-state index is -0.347. The Kier molecular flexibility index (Phi) is 158. The van der Waals surface area contributed by atoms with Crippen LogP contribution in [0.3, 0.4) is 0 Å². The van der Waals surface area contributed by atoms with Crippen LogP contribution >= 0.6 is 0 Å². The molecular formula is C89H178O14Ti4-2. The molecule has 4 aliphatic carbocycles. The van der Waals surface area contributed by atoms with E-state index in [0.29, 0.717) is 39.0 Å². The Balaban J connectivity index is -0.0000000297. The van der Waals surface area contributed by atoms with Crippen molar-refractivity contribution in [1.82, 2.24) is 0 Å². The summed E-state index contributed by atoms with van der Waals surface area (Å²) >= 11 is 0. The smallest absolute Gasteiger partial charge is 0.466 e. The third-order valence-electron chi connectivity index (χ3n) is 20.3. The Hall–Kier alpha value is -2.67. The molecule has 4 aliphatic rings. The molecule has 0 amide bonds. The first-order valence-corrected chi connectivity index (χ1v) is 31.7. The van der Waals surface area contributed by atoms with Crippen LogP contribution in [0.15, 0.2) is 85.1 Å². The van der Waals surface area contributed by atoms with E-state index in [2.05, 4.69) is 218 Å². The molecule has 0 aliphatic heterocycles. The molecule has 0 radical (unpaired) electrons. The molecule has 0 aromatic rings. The van der Waals surface area contributed by atoms with Crippen LogP contribution < -0.4 is 0 Å². The van der Waals surface area contributed by atoms with Crippen molar-refractivity contribution < 1.29 is 154 Å². The van der Waals surface area contributed by atoms with Crippen LogP contribution in [0.25, 0.3) is 0 Å². The number of ether oxygens (including phenoxy) is 7. The second-order valence-electron chi connectivity index (χ2n) is 26.1. The molecular weight excluding hydrogens is 1480 g/mol. The fourth-order valence-electron chi connectivity index (χ4n) is 10.8. The molecule has 0 aromatic carbocycles. The van der Waals surface area contributed by atoms with Crippen molar-refractivity contribution in [3.63, 3.8) is 0 Å². The first kappa shape index (κ1) is 177. The fourth-order valence-corrected chi connectivity index (χ4v) is 10.8. The number of carbonyl (C=O) groups excluding carboxylic acids is 7. The van der Waals surface area contributed by atoms with Crippen molar-refractivity contribution in [2.75, 3.05) is 49.8 Å². The van der Waals surface area contributed by atoms with Crippen LogP contribution in [0.5, 0.6) is 0 Å².